The minimum Gasteiger partial charge on any atom is -0.204 e. The van der Waals surface area contributed by atoms with E-state index in [0.717, 1.165) is 22.5 Å². The van der Waals surface area contributed by atoms with Crippen molar-refractivity contribution >= 4 is 10.8 Å². The fourth-order valence-corrected chi connectivity index (χ4v) is 2.86. The predicted octanol–water partition coefficient (Wildman–Crippen LogP) is 3.57. The smallest absolute Gasteiger partial charge is 0.204 e. The fourth-order valence-electron chi connectivity index (χ4n) is 2.86. The molecule has 0 amide bonds. The monoisotopic (exact) mass is 272 g/mol. The lowest BCUT2D eigenvalue weighted by Crippen LogP contribution is -2.31. The second-order valence-corrected chi connectivity index (χ2v) is 4.89. The van der Waals surface area contributed by atoms with Crippen LogP contribution in [0.25, 0.3) is 22.0 Å². The van der Waals surface area contributed by atoms with Gasteiger partial charge in [0.1, 0.15) is 0 Å². The Morgan fingerprint density at radius 1 is 0.950 bits per heavy atom. The molecule has 0 saturated carbocycles. The maximum atomic E-state index is 13.9. The van der Waals surface area contributed by atoms with Crippen molar-refractivity contribution in [1.29, 1.82) is 0 Å². The van der Waals surface area contributed by atoms with Crippen LogP contribution in [-0.4, -0.2) is 0 Å². The maximum absolute atomic E-state index is 13.9. The summed E-state index contributed by atoms with van der Waals surface area (Å²) in [4.78, 5) is 0. The van der Waals surface area contributed by atoms with Crippen molar-refractivity contribution in [3.8, 4) is 11.3 Å². The average Bonchev–Trinajstić information content (AvgIpc) is 2.84. The number of benzene rings is 2. The van der Waals surface area contributed by atoms with E-state index in [0.29, 0.717) is 5.56 Å². The number of rotatable bonds is 0. The van der Waals surface area contributed by atoms with Gasteiger partial charge in [-0.2, -0.15) is 4.57 Å². The summed E-state index contributed by atoms with van der Waals surface area (Å²) >= 11 is 0. The van der Waals surface area contributed by atoms with Crippen molar-refractivity contribution in [3.63, 3.8) is 0 Å². The molecule has 2 aromatic carbocycles. The Morgan fingerprint density at radius 2 is 1.75 bits per heavy atom. The summed E-state index contributed by atoms with van der Waals surface area (Å²) in [5, 5.41) is 1.89. The van der Waals surface area contributed by atoms with Gasteiger partial charge in [-0.25, -0.2) is 13.2 Å². The highest BCUT2D eigenvalue weighted by Gasteiger charge is 2.33. The van der Waals surface area contributed by atoms with E-state index in [1.807, 2.05) is 41.1 Å². The van der Waals surface area contributed by atoms with E-state index < -0.39 is 17.5 Å². The number of halogens is 3. The van der Waals surface area contributed by atoms with Crippen LogP contribution in [0.4, 0.5) is 13.2 Å². The summed E-state index contributed by atoms with van der Waals surface area (Å²) in [5.41, 5.74) is 1.37. The molecule has 1 nitrogen and oxygen atoms in total. The van der Waals surface area contributed by atoms with E-state index >= 15 is 0 Å². The molecule has 0 aliphatic carbocycles. The summed E-state index contributed by atoms with van der Waals surface area (Å²) in [6, 6.07) is 10.6. The van der Waals surface area contributed by atoms with Gasteiger partial charge in [0.2, 0.25) is 5.69 Å². The first-order valence-electron chi connectivity index (χ1n) is 6.25. The van der Waals surface area contributed by atoms with Crippen molar-refractivity contribution < 1.29 is 17.7 Å². The zero-order valence-corrected chi connectivity index (χ0v) is 10.3. The molecule has 98 valence electrons. The lowest BCUT2D eigenvalue weighted by atomic mass is 10.0. The predicted molar refractivity (Wildman–Crippen MR) is 68.6 cm³/mol. The number of hydrogen-bond donors (Lipinski definition) is 0. The molecule has 0 radical (unpaired) electrons. The zero-order chi connectivity index (χ0) is 13.9. The highest BCUT2D eigenvalue weighted by atomic mass is 19.2. The molecule has 0 N–H and O–H groups in total. The summed E-state index contributed by atoms with van der Waals surface area (Å²) in [7, 11) is 0. The molecule has 1 aliphatic heterocycles. The molecule has 0 atom stereocenters. The Kier molecular flexibility index (Phi) is 2.19. The normalized spacial score (nSPS) is 12.6. The van der Waals surface area contributed by atoms with Crippen LogP contribution in [0.5, 0.6) is 0 Å². The highest BCUT2D eigenvalue weighted by Crippen LogP contribution is 2.35. The van der Waals surface area contributed by atoms with Crippen molar-refractivity contribution in [2.75, 3.05) is 0 Å². The van der Waals surface area contributed by atoms with Crippen LogP contribution >= 0.6 is 0 Å². The third-order valence-electron chi connectivity index (χ3n) is 3.78. The Balaban J connectivity index is 2.14. The van der Waals surface area contributed by atoms with Crippen LogP contribution in [0.3, 0.4) is 0 Å². The standard InChI is InChI=1S/C16H9F3N/c17-13-7-11-12(14(18)15(13)19)8-20-6-5-9-3-1-2-4-10(9)16(11)20/h1-7H,8H2/q+1. The molecule has 3 aromatic rings. The number of hydrogen-bond acceptors (Lipinski definition) is 0. The molecule has 4 rings (SSSR count). The Morgan fingerprint density at radius 3 is 2.60 bits per heavy atom. The van der Waals surface area contributed by atoms with Gasteiger partial charge in [0, 0.05) is 6.07 Å². The number of pyridine rings is 1. The molecule has 1 aromatic heterocycles. The van der Waals surface area contributed by atoms with Gasteiger partial charge in [0.05, 0.1) is 16.5 Å². The lowest BCUT2D eigenvalue weighted by molar-refractivity contribution is -0.671. The van der Waals surface area contributed by atoms with Crippen LogP contribution in [0.15, 0.2) is 42.6 Å². The van der Waals surface area contributed by atoms with Crippen LogP contribution in [-0.2, 0) is 6.54 Å². The van der Waals surface area contributed by atoms with Gasteiger partial charge in [-0.3, -0.25) is 0 Å². The van der Waals surface area contributed by atoms with E-state index in [4.69, 9.17) is 0 Å². The van der Waals surface area contributed by atoms with E-state index in [-0.39, 0.29) is 12.1 Å². The second-order valence-electron chi connectivity index (χ2n) is 4.89. The van der Waals surface area contributed by atoms with Gasteiger partial charge in [-0.05, 0) is 17.5 Å². The van der Waals surface area contributed by atoms with Gasteiger partial charge in [0.15, 0.2) is 30.2 Å². The van der Waals surface area contributed by atoms with Crippen LogP contribution in [0, 0.1) is 17.5 Å². The summed E-state index contributed by atoms with van der Waals surface area (Å²) < 4.78 is 42.6. The first-order valence-corrected chi connectivity index (χ1v) is 6.25. The molecule has 0 unspecified atom stereocenters. The molecule has 0 fully saturated rings. The molecule has 1 aliphatic rings. The van der Waals surface area contributed by atoms with Crippen molar-refractivity contribution in [1.82, 2.24) is 0 Å². The molecular weight excluding hydrogens is 263 g/mol. The Bertz CT molecular complexity index is 871. The highest BCUT2D eigenvalue weighted by molar-refractivity contribution is 5.94. The van der Waals surface area contributed by atoms with Gasteiger partial charge in [-0.15, -0.1) is 0 Å². The second kappa shape index (κ2) is 3.82. The van der Waals surface area contributed by atoms with E-state index in [1.54, 1.807) is 0 Å². The molecule has 0 spiro atoms. The quantitative estimate of drug-likeness (QED) is 0.340. The molecule has 0 saturated heterocycles. The number of nitrogens with zero attached hydrogens (tertiary/aromatic N) is 1. The average molecular weight is 272 g/mol. The van der Waals surface area contributed by atoms with Gasteiger partial charge in [-0.1, -0.05) is 18.2 Å². The van der Waals surface area contributed by atoms with Crippen LogP contribution < -0.4 is 4.57 Å². The van der Waals surface area contributed by atoms with Gasteiger partial charge < -0.3 is 0 Å². The van der Waals surface area contributed by atoms with E-state index in [2.05, 4.69) is 0 Å². The van der Waals surface area contributed by atoms with Crippen LogP contribution in [0.2, 0.25) is 0 Å². The summed E-state index contributed by atoms with van der Waals surface area (Å²) in [6.07, 6.45) is 1.81. The molecular formula is C16H9F3N+. The Hall–Kier alpha value is -2.36. The minimum absolute atomic E-state index is 0.209. The third-order valence-corrected chi connectivity index (χ3v) is 3.78. The number of aromatic nitrogens is 1. The number of fused-ring (bicyclic) bond motifs is 5. The van der Waals surface area contributed by atoms with E-state index in [9.17, 15) is 13.2 Å². The van der Waals surface area contributed by atoms with Crippen molar-refractivity contribution in [2.24, 2.45) is 0 Å². The van der Waals surface area contributed by atoms with Crippen LogP contribution in [0.1, 0.15) is 5.56 Å². The van der Waals surface area contributed by atoms with Crippen molar-refractivity contribution in [2.45, 2.75) is 6.54 Å². The molecule has 2 heterocycles. The fraction of sp³-hybridized carbons (Fsp3) is 0.0625. The van der Waals surface area contributed by atoms with E-state index in [1.165, 1.54) is 0 Å². The minimum atomic E-state index is -1.40. The molecule has 0 bridgehead atoms. The zero-order valence-electron chi connectivity index (χ0n) is 10.3. The van der Waals surface area contributed by atoms with Gasteiger partial charge in [0.25, 0.3) is 0 Å². The largest absolute Gasteiger partial charge is 0.221 e. The van der Waals surface area contributed by atoms with Crippen molar-refractivity contribution in [3.05, 3.63) is 65.6 Å². The summed E-state index contributed by atoms with van der Waals surface area (Å²) in [6.45, 7) is 0.221. The first kappa shape index (κ1) is 11.5. The SMILES string of the molecule is Fc1cc2c(c(F)c1F)C[n+]1ccc3ccccc3c1-2. The molecule has 4 heteroatoms. The summed E-state index contributed by atoms with van der Waals surface area (Å²) in [5.74, 6) is -3.64. The third kappa shape index (κ3) is 1.36. The first-order chi connectivity index (χ1) is 9.66. The van der Waals surface area contributed by atoms with Gasteiger partial charge >= 0.3 is 0 Å². The Labute approximate surface area is 112 Å². The lowest BCUT2D eigenvalue weighted by Gasteiger charge is -2.01. The topological polar surface area (TPSA) is 3.88 Å². The molecule has 20 heavy (non-hydrogen) atoms. The maximum Gasteiger partial charge on any atom is 0.221 e.